The molecule has 2 aliphatic heterocycles. The van der Waals surface area contributed by atoms with Gasteiger partial charge >= 0.3 is 0 Å². The topological polar surface area (TPSA) is 32.3 Å². The van der Waals surface area contributed by atoms with Gasteiger partial charge < -0.3 is 10.2 Å². The molecule has 2 heterocycles. The van der Waals surface area contributed by atoms with Crippen LogP contribution in [0.5, 0.6) is 0 Å². The first-order chi connectivity index (χ1) is 9.54. The average Bonchev–Trinajstić information content (AvgIpc) is 2.76. The number of nitrogens with zero attached hydrogens (tertiary/aromatic N) is 1. The lowest BCUT2D eigenvalue weighted by molar-refractivity contribution is 0.0682. The number of hydrogen-bond acceptors (Lipinski definition) is 2. The van der Waals surface area contributed by atoms with E-state index in [0.29, 0.717) is 33.7 Å². The molecule has 108 valence electrons. The lowest BCUT2D eigenvalue weighted by Crippen LogP contribution is -2.48. The summed E-state index contributed by atoms with van der Waals surface area (Å²) in [5.41, 5.74) is 0.532. The third-order valence-electron chi connectivity index (χ3n) is 4.48. The molecule has 0 saturated carbocycles. The molecule has 0 radical (unpaired) electrons. The highest BCUT2D eigenvalue weighted by Crippen LogP contribution is 2.30. The van der Waals surface area contributed by atoms with E-state index < -0.39 is 0 Å². The zero-order chi connectivity index (χ0) is 14.3. The fourth-order valence-corrected chi connectivity index (χ4v) is 3.85. The summed E-state index contributed by atoms with van der Waals surface area (Å²) < 4.78 is 0. The second kappa shape index (κ2) is 5.55. The summed E-state index contributed by atoms with van der Waals surface area (Å²) in [5, 5.41) is 4.56. The second-order valence-corrected chi connectivity index (χ2v) is 6.65. The van der Waals surface area contributed by atoms with Gasteiger partial charge in [0.15, 0.2) is 0 Å². The molecule has 0 aromatic heterocycles. The maximum absolute atomic E-state index is 12.6. The first kappa shape index (κ1) is 14.2. The van der Waals surface area contributed by atoms with Gasteiger partial charge in [-0.25, -0.2) is 0 Å². The highest BCUT2D eigenvalue weighted by molar-refractivity contribution is 6.36. The van der Waals surface area contributed by atoms with E-state index in [4.69, 9.17) is 23.2 Å². The molecule has 1 amide bonds. The van der Waals surface area contributed by atoms with Crippen molar-refractivity contribution in [3.63, 3.8) is 0 Å². The van der Waals surface area contributed by atoms with Crippen LogP contribution in [0.2, 0.25) is 10.0 Å². The van der Waals surface area contributed by atoms with E-state index in [1.165, 1.54) is 12.8 Å². The van der Waals surface area contributed by atoms with Crippen molar-refractivity contribution in [2.24, 2.45) is 0 Å². The molecule has 2 unspecified atom stereocenters. The summed E-state index contributed by atoms with van der Waals surface area (Å²) in [6.07, 6.45) is 4.52. The van der Waals surface area contributed by atoms with Crippen LogP contribution in [-0.4, -0.2) is 36.0 Å². The standard InChI is InChI=1S/C15H18Cl2N2O/c1-19(12-7-10-3-4-11(8-12)18-10)15(20)13-5-2-9(16)6-14(13)17/h2,5-6,10-12,18H,3-4,7-8H2,1H3. The minimum absolute atomic E-state index is 0.0158. The lowest BCUT2D eigenvalue weighted by Gasteiger charge is -2.35. The third kappa shape index (κ3) is 2.67. The maximum Gasteiger partial charge on any atom is 0.255 e. The zero-order valence-corrected chi connectivity index (χ0v) is 12.9. The van der Waals surface area contributed by atoms with E-state index >= 15 is 0 Å². The number of halogens is 2. The van der Waals surface area contributed by atoms with Crippen molar-refractivity contribution >= 4 is 29.1 Å². The highest BCUT2D eigenvalue weighted by Gasteiger charge is 2.36. The molecule has 3 nitrogen and oxygen atoms in total. The Balaban J connectivity index is 1.76. The van der Waals surface area contributed by atoms with Crippen molar-refractivity contribution in [1.29, 1.82) is 0 Å². The van der Waals surface area contributed by atoms with E-state index in [1.54, 1.807) is 18.2 Å². The van der Waals surface area contributed by atoms with Crippen LogP contribution in [-0.2, 0) is 0 Å². The van der Waals surface area contributed by atoms with Crippen LogP contribution in [0.15, 0.2) is 18.2 Å². The Bertz CT molecular complexity index is 523. The molecule has 1 N–H and O–H groups in total. The summed E-state index contributed by atoms with van der Waals surface area (Å²) in [6, 6.07) is 6.47. The molecule has 0 aliphatic carbocycles. The number of hydrogen-bond donors (Lipinski definition) is 1. The normalized spacial score (nSPS) is 28.4. The van der Waals surface area contributed by atoms with Gasteiger partial charge in [-0.15, -0.1) is 0 Å². The van der Waals surface area contributed by atoms with Gasteiger partial charge in [0.25, 0.3) is 5.91 Å². The fraction of sp³-hybridized carbons (Fsp3) is 0.533. The molecule has 20 heavy (non-hydrogen) atoms. The number of carbonyl (C=O) groups excluding carboxylic acids is 1. The first-order valence-corrected chi connectivity index (χ1v) is 7.78. The summed E-state index contributed by atoms with van der Waals surface area (Å²) >= 11 is 12.0. The van der Waals surface area contributed by atoms with Gasteiger partial charge in [0.1, 0.15) is 0 Å². The predicted octanol–water partition coefficient (Wildman–Crippen LogP) is 3.35. The van der Waals surface area contributed by atoms with Crippen LogP contribution in [0.1, 0.15) is 36.0 Å². The minimum Gasteiger partial charge on any atom is -0.339 e. The molecule has 2 bridgehead atoms. The van der Waals surface area contributed by atoms with E-state index in [2.05, 4.69) is 5.32 Å². The van der Waals surface area contributed by atoms with E-state index in [9.17, 15) is 4.79 Å². The van der Waals surface area contributed by atoms with Crippen LogP contribution >= 0.6 is 23.2 Å². The predicted molar refractivity (Wildman–Crippen MR) is 81.5 cm³/mol. The number of nitrogens with one attached hydrogen (secondary N) is 1. The van der Waals surface area contributed by atoms with Crippen LogP contribution in [0.25, 0.3) is 0 Å². The van der Waals surface area contributed by atoms with Crippen LogP contribution < -0.4 is 5.32 Å². The Morgan fingerprint density at radius 1 is 1.25 bits per heavy atom. The van der Waals surface area contributed by atoms with Crippen molar-refractivity contribution in [2.75, 3.05) is 7.05 Å². The molecule has 2 fully saturated rings. The molecule has 5 heteroatoms. The van der Waals surface area contributed by atoms with Crippen LogP contribution in [0, 0.1) is 0 Å². The van der Waals surface area contributed by atoms with E-state index in [-0.39, 0.29) is 5.91 Å². The summed E-state index contributed by atoms with van der Waals surface area (Å²) in [5.74, 6) is -0.0158. The summed E-state index contributed by atoms with van der Waals surface area (Å²) in [4.78, 5) is 14.4. The van der Waals surface area contributed by atoms with Crippen molar-refractivity contribution in [2.45, 2.75) is 43.8 Å². The monoisotopic (exact) mass is 312 g/mol. The SMILES string of the molecule is CN(C(=O)c1ccc(Cl)cc1Cl)C1CC2CCC(C1)N2. The number of rotatable bonds is 2. The van der Waals surface area contributed by atoms with E-state index in [1.807, 2.05) is 11.9 Å². The Hall–Kier alpha value is -0.770. The Morgan fingerprint density at radius 3 is 2.50 bits per heavy atom. The number of amides is 1. The molecule has 3 rings (SSSR count). The number of piperidine rings is 1. The van der Waals surface area contributed by atoms with Crippen molar-refractivity contribution in [1.82, 2.24) is 10.2 Å². The maximum atomic E-state index is 12.6. The molecule has 2 saturated heterocycles. The van der Waals surface area contributed by atoms with Crippen molar-refractivity contribution in [3.05, 3.63) is 33.8 Å². The van der Waals surface area contributed by atoms with Crippen molar-refractivity contribution < 1.29 is 4.79 Å². The molecule has 1 aromatic rings. The quantitative estimate of drug-likeness (QED) is 0.908. The molecule has 1 aromatic carbocycles. The fourth-order valence-electron chi connectivity index (χ4n) is 3.36. The smallest absolute Gasteiger partial charge is 0.255 e. The molecule has 2 aliphatic rings. The van der Waals surface area contributed by atoms with Gasteiger partial charge in [-0.3, -0.25) is 4.79 Å². The van der Waals surface area contributed by atoms with Gasteiger partial charge in [-0.05, 0) is 43.9 Å². The van der Waals surface area contributed by atoms with Crippen LogP contribution in [0.4, 0.5) is 0 Å². The molecular formula is C15H18Cl2N2O. The van der Waals surface area contributed by atoms with Crippen molar-refractivity contribution in [3.8, 4) is 0 Å². The average molecular weight is 313 g/mol. The minimum atomic E-state index is -0.0158. The van der Waals surface area contributed by atoms with Gasteiger partial charge in [-0.1, -0.05) is 23.2 Å². The highest BCUT2D eigenvalue weighted by atomic mass is 35.5. The zero-order valence-electron chi connectivity index (χ0n) is 11.4. The largest absolute Gasteiger partial charge is 0.339 e. The van der Waals surface area contributed by atoms with Gasteiger partial charge in [0.05, 0.1) is 10.6 Å². The van der Waals surface area contributed by atoms with Gasteiger partial charge in [-0.2, -0.15) is 0 Å². The Morgan fingerprint density at radius 2 is 1.90 bits per heavy atom. The molecular weight excluding hydrogens is 295 g/mol. The number of carbonyl (C=O) groups is 1. The van der Waals surface area contributed by atoms with Gasteiger partial charge in [0, 0.05) is 30.2 Å². The van der Waals surface area contributed by atoms with Crippen LogP contribution in [0.3, 0.4) is 0 Å². The van der Waals surface area contributed by atoms with Gasteiger partial charge in [0.2, 0.25) is 0 Å². The summed E-state index contributed by atoms with van der Waals surface area (Å²) in [7, 11) is 1.88. The van der Waals surface area contributed by atoms with E-state index in [0.717, 1.165) is 12.8 Å². The third-order valence-corrected chi connectivity index (χ3v) is 5.03. The Labute approximate surface area is 129 Å². The lowest BCUT2D eigenvalue weighted by atomic mass is 9.98. The number of fused-ring (bicyclic) bond motifs is 2. The number of benzene rings is 1. The summed E-state index contributed by atoms with van der Waals surface area (Å²) in [6.45, 7) is 0. The molecule has 2 atom stereocenters. The first-order valence-electron chi connectivity index (χ1n) is 7.03. The molecule has 0 spiro atoms. The Kier molecular flexibility index (Phi) is 3.93. The second-order valence-electron chi connectivity index (χ2n) is 5.80.